The van der Waals surface area contributed by atoms with E-state index in [0.29, 0.717) is 22.7 Å². The number of methoxy groups -OCH3 is 1. The monoisotopic (exact) mass is 397 g/mol. The van der Waals surface area contributed by atoms with Crippen LogP contribution in [0.5, 0.6) is 11.5 Å². The van der Waals surface area contributed by atoms with Gasteiger partial charge in [0.2, 0.25) is 0 Å². The number of sulfonamides is 1. The van der Waals surface area contributed by atoms with Crippen LogP contribution < -0.4 is 14.9 Å². The maximum Gasteiger partial charge on any atom is 0.261 e. The van der Waals surface area contributed by atoms with Crippen molar-refractivity contribution in [2.45, 2.75) is 4.90 Å². The van der Waals surface area contributed by atoms with E-state index < -0.39 is 10.0 Å². The Balaban J connectivity index is 1.64. The SMILES string of the molecule is COc1ccc(S(=O)(=O)Nc2ccc(N/N=C/c3ccccc3O)cc2)cc1. The highest BCUT2D eigenvalue weighted by Crippen LogP contribution is 2.20. The molecule has 28 heavy (non-hydrogen) atoms. The first kappa shape index (κ1) is 19.2. The Morgan fingerprint density at radius 2 is 1.57 bits per heavy atom. The van der Waals surface area contributed by atoms with Gasteiger partial charge < -0.3 is 9.84 Å². The predicted molar refractivity (Wildman–Crippen MR) is 110 cm³/mol. The number of phenols is 1. The average Bonchev–Trinajstić information content (AvgIpc) is 2.70. The lowest BCUT2D eigenvalue weighted by Crippen LogP contribution is -2.12. The van der Waals surface area contributed by atoms with Gasteiger partial charge >= 0.3 is 0 Å². The zero-order valence-electron chi connectivity index (χ0n) is 15.0. The summed E-state index contributed by atoms with van der Waals surface area (Å²) in [4.78, 5) is 0.141. The van der Waals surface area contributed by atoms with Crippen LogP contribution in [-0.2, 0) is 10.0 Å². The highest BCUT2D eigenvalue weighted by molar-refractivity contribution is 7.92. The maximum absolute atomic E-state index is 12.4. The molecular weight excluding hydrogens is 378 g/mol. The van der Waals surface area contributed by atoms with Crippen LogP contribution in [0.2, 0.25) is 0 Å². The van der Waals surface area contributed by atoms with Crippen molar-refractivity contribution in [3.8, 4) is 11.5 Å². The quantitative estimate of drug-likeness (QED) is 0.417. The number of nitrogens with one attached hydrogen (secondary N) is 2. The van der Waals surface area contributed by atoms with Gasteiger partial charge in [0.1, 0.15) is 11.5 Å². The first-order valence-corrected chi connectivity index (χ1v) is 9.80. The van der Waals surface area contributed by atoms with E-state index in [4.69, 9.17) is 4.74 Å². The number of hydrazone groups is 1. The van der Waals surface area contributed by atoms with E-state index in [9.17, 15) is 13.5 Å². The number of para-hydroxylation sites is 1. The number of phenolic OH excluding ortho intramolecular Hbond substituents is 1. The summed E-state index contributed by atoms with van der Waals surface area (Å²) >= 11 is 0. The van der Waals surface area contributed by atoms with Crippen LogP contribution in [0, 0.1) is 0 Å². The van der Waals surface area contributed by atoms with Gasteiger partial charge in [-0.25, -0.2) is 8.42 Å². The largest absolute Gasteiger partial charge is 0.507 e. The average molecular weight is 397 g/mol. The molecule has 0 bridgehead atoms. The Morgan fingerprint density at radius 1 is 0.929 bits per heavy atom. The van der Waals surface area contributed by atoms with Crippen LogP contribution in [0.15, 0.2) is 82.8 Å². The number of anilines is 2. The van der Waals surface area contributed by atoms with Gasteiger partial charge in [0.05, 0.1) is 23.9 Å². The zero-order valence-corrected chi connectivity index (χ0v) is 15.8. The standard InChI is InChI=1S/C20H19N3O4S/c1-27-18-10-12-19(13-11-18)28(25,26)23-17-8-6-16(7-9-17)22-21-14-15-4-2-3-5-20(15)24/h2-14,22-24H,1H3/b21-14+. The Hall–Kier alpha value is -3.52. The van der Waals surface area contributed by atoms with E-state index in [1.165, 1.54) is 25.5 Å². The maximum atomic E-state index is 12.4. The molecule has 0 amide bonds. The Labute approximate surface area is 163 Å². The number of nitrogens with zero attached hydrogens (tertiary/aromatic N) is 1. The molecule has 0 aliphatic heterocycles. The third-order valence-corrected chi connectivity index (χ3v) is 5.24. The molecule has 7 nitrogen and oxygen atoms in total. The van der Waals surface area contributed by atoms with Gasteiger partial charge in [0.25, 0.3) is 10.0 Å². The van der Waals surface area contributed by atoms with Gasteiger partial charge in [-0.1, -0.05) is 12.1 Å². The lowest BCUT2D eigenvalue weighted by atomic mass is 10.2. The molecular formula is C20H19N3O4S. The molecule has 0 unspecified atom stereocenters. The van der Waals surface area contributed by atoms with E-state index in [1.54, 1.807) is 60.7 Å². The molecule has 0 atom stereocenters. The van der Waals surface area contributed by atoms with Crippen molar-refractivity contribution in [1.82, 2.24) is 0 Å². The smallest absolute Gasteiger partial charge is 0.261 e. The Kier molecular flexibility index (Phi) is 5.81. The van der Waals surface area contributed by atoms with Gasteiger partial charge in [-0.3, -0.25) is 10.1 Å². The second-order valence-corrected chi connectivity index (χ2v) is 7.47. The Bertz CT molecular complexity index is 1060. The van der Waals surface area contributed by atoms with Crippen LogP contribution >= 0.6 is 0 Å². The predicted octanol–water partition coefficient (Wildman–Crippen LogP) is 3.65. The van der Waals surface area contributed by atoms with Crippen molar-refractivity contribution in [1.29, 1.82) is 0 Å². The molecule has 3 aromatic carbocycles. The zero-order chi connectivity index (χ0) is 20.0. The number of ether oxygens (including phenoxy) is 1. The highest BCUT2D eigenvalue weighted by Gasteiger charge is 2.14. The molecule has 0 heterocycles. The molecule has 0 fully saturated rings. The minimum atomic E-state index is -3.69. The van der Waals surface area contributed by atoms with Crippen molar-refractivity contribution in [2.24, 2.45) is 5.10 Å². The normalized spacial score (nSPS) is 11.3. The van der Waals surface area contributed by atoms with E-state index in [2.05, 4.69) is 15.2 Å². The fourth-order valence-corrected chi connectivity index (χ4v) is 3.41. The summed E-state index contributed by atoms with van der Waals surface area (Å²) in [6, 6.07) is 19.6. The second kappa shape index (κ2) is 8.45. The van der Waals surface area contributed by atoms with Crippen LogP contribution in [0.1, 0.15) is 5.56 Å². The van der Waals surface area contributed by atoms with Crippen LogP contribution in [0.25, 0.3) is 0 Å². The third-order valence-electron chi connectivity index (χ3n) is 3.84. The summed E-state index contributed by atoms with van der Waals surface area (Å²) in [5.74, 6) is 0.718. The number of rotatable bonds is 7. The van der Waals surface area contributed by atoms with E-state index in [1.807, 2.05) is 0 Å². The third kappa shape index (κ3) is 4.80. The summed E-state index contributed by atoms with van der Waals surface area (Å²) in [7, 11) is -2.17. The van der Waals surface area contributed by atoms with Crippen molar-refractivity contribution in [3.63, 3.8) is 0 Å². The van der Waals surface area contributed by atoms with Gasteiger partial charge in [0, 0.05) is 11.3 Å². The van der Waals surface area contributed by atoms with Gasteiger partial charge in [-0.15, -0.1) is 0 Å². The first-order valence-electron chi connectivity index (χ1n) is 8.32. The van der Waals surface area contributed by atoms with E-state index in [0.717, 1.165) is 0 Å². The molecule has 0 aliphatic rings. The van der Waals surface area contributed by atoms with E-state index in [-0.39, 0.29) is 10.6 Å². The molecule has 0 aliphatic carbocycles. The van der Waals surface area contributed by atoms with E-state index >= 15 is 0 Å². The molecule has 0 aromatic heterocycles. The second-order valence-electron chi connectivity index (χ2n) is 5.79. The molecule has 0 saturated carbocycles. The summed E-state index contributed by atoms with van der Waals surface area (Å²) in [5.41, 5.74) is 4.49. The van der Waals surface area contributed by atoms with Gasteiger partial charge in [0.15, 0.2) is 0 Å². The molecule has 3 aromatic rings. The minimum absolute atomic E-state index is 0.135. The van der Waals surface area contributed by atoms with Crippen molar-refractivity contribution < 1.29 is 18.3 Å². The lowest BCUT2D eigenvalue weighted by Gasteiger charge is -2.09. The highest BCUT2D eigenvalue weighted by atomic mass is 32.2. The first-order chi connectivity index (χ1) is 13.5. The molecule has 3 rings (SSSR count). The number of benzene rings is 3. The fraction of sp³-hybridized carbons (Fsp3) is 0.0500. The summed E-state index contributed by atoms with van der Waals surface area (Å²) in [6.45, 7) is 0. The molecule has 144 valence electrons. The molecule has 0 radical (unpaired) electrons. The summed E-state index contributed by atoms with van der Waals surface area (Å²) in [6.07, 6.45) is 1.50. The molecule has 0 spiro atoms. The van der Waals surface area contributed by atoms with Crippen molar-refractivity contribution in [3.05, 3.63) is 78.4 Å². The number of hydrogen-bond acceptors (Lipinski definition) is 6. The van der Waals surface area contributed by atoms with Gasteiger partial charge in [-0.2, -0.15) is 5.10 Å². The van der Waals surface area contributed by atoms with Crippen molar-refractivity contribution in [2.75, 3.05) is 17.3 Å². The summed E-state index contributed by atoms with van der Waals surface area (Å²) in [5, 5.41) is 13.7. The van der Waals surface area contributed by atoms with Crippen LogP contribution in [-0.4, -0.2) is 26.8 Å². The minimum Gasteiger partial charge on any atom is -0.507 e. The summed E-state index contributed by atoms with van der Waals surface area (Å²) < 4.78 is 32.4. The Morgan fingerprint density at radius 3 is 2.21 bits per heavy atom. The molecule has 8 heteroatoms. The van der Waals surface area contributed by atoms with Crippen LogP contribution in [0.4, 0.5) is 11.4 Å². The number of aromatic hydroxyl groups is 1. The lowest BCUT2D eigenvalue weighted by molar-refractivity contribution is 0.414. The topological polar surface area (TPSA) is 100 Å². The van der Waals surface area contributed by atoms with Crippen molar-refractivity contribution >= 4 is 27.6 Å². The number of hydrogen-bond donors (Lipinski definition) is 3. The van der Waals surface area contributed by atoms with Crippen LogP contribution in [0.3, 0.4) is 0 Å². The molecule has 3 N–H and O–H groups in total. The van der Waals surface area contributed by atoms with Gasteiger partial charge in [-0.05, 0) is 60.7 Å². The molecule has 0 saturated heterocycles. The fourth-order valence-electron chi connectivity index (χ4n) is 2.35.